The molecule has 20 heavy (non-hydrogen) atoms. The minimum Gasteiger partial charge on any atom is -0.388 e. The summed E-state index contributed by atoms with van der Waals surface area (Å²) in [6, 6.07) is 0. The molecule has 0 aliphatic heterocycles. The van der Waals surface area contributed by atoms with E-state index in [1.165, 1.54) is 6.33 Å². The van der Waals surface area contributed by atoms with E-state index in [1.807, 2.05) is 0 Å². The van der Waals surface area contributed by atoms with Crippen LogP contribution >= 0.6 is 0 Å². The Hall–Kier alpha value is -1.44. The van der Waals surface area contributed by atoms with E-state index in [2.05, 4.69) is 27.6 Å². The molecule has 0 bridgehead atoms. The van der Waals surface area contributed by atoms with Gasteiger partial charge in [0.1, 0.15) is 18.0 Å². The monoisotopic (exact) mass is 283 g/mol. The fourth-order valence-corrected chi connectivity index (χ4v) is 1.86. The van der Waals surface area contributed by atoms with E-state index in [0.29, 0.717) is 31.2 Å². The Labute approximate surface area is 119 Å². The van der Waals surface area contributed by atoms with Gasteiger partial charge >= 0.3 is 0 Å². The molecule has 7 heteroatoms. The SMILES string of the molecule is CCCc1c(NN)ncnc1NCC(C)(O)CCOC. The molecule has 5 N–H and O–H groups in total. The average molecular weight is 283 g/mol. The second kappa shape index (κ2) is 7.98. The van der Waals surface area contributed by atoms with Crippen molar-refractivity contribution in [3.05, 3.63) is 11.9 Å². The van der Waals surface area contributed by atoms with Crippen LogP contribution in [0.3, 0.4) is 0 Å². The highest BCUT2D eigenvalue weighted by molar-refractivity contribution is 5.57. The summed E-state index contributed by atoms with van der Waals surface area (Å²) in [6.07, 6.45) is 3.76. The van der Waals surface area contributed by atoms with E-state index < -0.39 is 5.60 Å². The summed E-state index contributed by atoms with van der Waals surface area (Å²) in [6.45, 7) is 4.73. The van der Waals surface area contributed by atoms with Crippen LogP contribution in [0.5, 0.6) is 0 Å². The van der Waals surface area contributed by atoms with Crippen molar-refractivity contribution in [1.29, 1.82) is 0 Å². The highest BCUT2D eigenvalue weighted by Gasteiger charge is 2.21. The Kier molecular flexibility index (Phi) is 6.63. The molecule has 0 aliphatic rings. The molecule has 0 aromatic carbocycles. The lowest BCUT2D eigenvalue weighted by atomic mass is 10.0. The first-order valence-corrected chi connectivity index (χ1v) is 6.79. The number of rotatable bonds is 9. The van der Waals surface area contributed by atoms with E-state index in [-0.39, 0.29) is 0 Å². The zero-order valence-electron chi connectivity index (χ0n) is 12.4. The Bertz CT molecular complexity index is 412. The summed E-state index contributed by atoms with van der Waals surface area (Å²) in [7, 11) is 1.62. The molecule has 0 spiro atoms. The molecule has 0 radical (unpaired) electrons. The Morgan fingerprint density at radius 3 is 2.70 bits per heavy atom. The first kappa shape index (κ1) is 16.6. The summed E-state index contributed by atoms with van der Waals surface area (Å²) in [5, 5.41) is 13.4. The van der Waals surface area contributed by atoms with Gasteiger partial charge < -0.3 is 20.6 Å². The number of ether oxygens (including phenoxy) is 1. The smallest absolute Gasteiger partial charge is 0.148 e. The fraction of sp³-hybridized carbons (Fsp3) is 0.692. The summed E-state index contributed by atoms with van der Waals surface area (Å²) in [5.74, 6) is 6.78. The van der Waals surface area contributed by atoms with E-state index in [9.17, 15) is 5.11 Å². The van der Waals surface area contributed by atoms with E-state index in [1.54, 1.807) is 14.0 Å². The summed E-state index contributed by atoms with van der Waals surface area (Å²) < 4.78 is 4.99. The van der Waals surface area contributed by atoms with Crippen LogP contribution in [0.25, 0.3) is 0 Å². The topological polar surface area (TPSA) is 105 Å². The van der Waals surface area contributed by atoms with Crippen LogP contribution in [0.1, 0.15) is 32.3 Å². The number of hydrazine groups is 1. The Balaban J connectivity index is 2.76. The van der Waals surface area contributed by atoms with E-state index in [0.717, 1.165) is 18.4 Å². The Morgan fingerprint density at radius 1 is 1.40 bits per heavy atom. The Morgan fingerprint density at radius 2 is 2.10 bits per heavy atom. The first-order chi connectivity index (χ1) is 9.54. The van der Waals surface area contributed by atoms with Gasteiger partial charge in [-0.2, -0.15) is 0 Å². The molecule has 7 nitrogen and oxygen atoms in total. The van der Waals surface area contributed by atoms with Crippen molar-refractivity contribution in [3.8, 4) is 0 Å². The highest BCUT2D eigenvalue weighted by atomic mass is 16.5. The zero-order valence-corrected chi connectivity index (χ0v) is 12.4. The summed E-state index contributed by atoms with van der Waals surface area (Å²) >= 11 is 0. The van der Waals surface area contributed by atoms with Gasteiger partial charge in [0.15, 0.2) is 0 Å². The van der Waals surface area contributed by atoms with Gasteiger partial charge in [0.05, 0.1) is 5.60 Å². The molecule has 0 saturated heterocycles. The van der Waals surface area contributed by atoms with Crippen molar-refractivity contribution in [3.63, 3.8) is 0 Å². The molecule has 1 rings (SSSR count). The molecule has 1 aromatic heterocycles. The maximum absolute atomic E-state index is 10.2. The van der Waals surface area contributed by atoms with Gasteiger partial charge in [-0.3, -0.25) is 0 Å². The van der Waals surface area contributed by atoms with Crippen molar-refractivity contribution in [2.75, 3.05) is 31.0 Å². The van der Waals surface area contributed by atoms with Gasteiger partial charge in [0, 0.05) is 32.2 Å². The second-order valence-electron chi connectivity index (χ2n) is 5.04. The van der Waals surface area contributed by atoms with Crippen molar-refractivity contribution in [1.82, 2.24) is 9.97 Å². The molecule has 0 fully saturated rings. The molecular weight excluding hydrogens is 258 g/mol. The maximum Gasteiger partial charge on any atom is 0.148 e. The van der Waals surface area contributed by atoms with Gasteiger partial charge in [-0.1, -0.05) is 13.3 Å². The van der Waals surface area contributed by atoms with E-state index >= 15 is 0 Å². The van der Waals surface area contributed by atoms with E-state index in [4.69, 9.17) is 10.6 Å². The van der Waals surface area contributed by atoms with Crippen LogP contribution < -0.4 is 16.6 Å². The van der Waals surface area contributed by atoms with Crippen LogP contribution in [-0.4, -0.2) is 40.9 Å². The molecule has 114 valence electrons. The molecule has 1 atom stereocenters. The lowest BCUT2D eigenvalue weighted by Crippen LogP contribution is -2.35. The van der Waals surface area contributed by atoms with Crippen molar-refractivity contribution in [2.45, 2.75) is 38.7 Å². The molecule has 1 heterocycles. The number of nitrogen functional groups attached to an aromatic ring is 1. The van der Waals surface area contributed by atoms with Gasteiger partial charge in [-0.05, 0) is 13.3 Å². The second-order valence-corrected chi connectivity index (χ2v) is 5.04. The number of nitrogens with zero attached hydrogens (tertiary/aromatic N) is 2. The number of aliphatic hydroxyl groups is 1. The molecule has 1 aromatic rings. The lowest BCUT2D eigenvalue weighted by Gasteiger charge is -2.24. The molecule has 1 unspecified atom stereocenters. The van der Waals surface area contributed by atoms with Crippen LogP contribution in [0.2, 0.25) is 0 Å². The minimum absolute atomic E-state index is 0.383. The number of hydrogen-bond acceptors (Lipinski definition) is 7. The normalized spacial score (nSPS) is 13.8. The predicted molar refractivity (Wildman–Crippen MR) is 79.4 cm³/mol. The van der Waals surface area contributed by atoms with Crippen molar-refractivity contribution in [2.24, 2.45) is 5.84 Å². The summed E-state index contributed by atoms with van der Waals surface area (Å²) in [4.78, 5) is 8.33. The maximum atomic E-state index is 10.2. The number of nitrogens with two attached hydrogens (primary N) is 1. The standard InChI is InChI=1S/C13H25N5O2/c1-4-5-10-11(16-9-17-12(10)18-14)15-8-13(2,19)6-7-20-3/h9,19H,4-8,14H2,1-3H3,(H2,15,16,17,18). The minimum atomic E-state index is -0.860. The van der Waals surface area contributed by atoms with Gasteiger partial charge in [-0.25, -0.2) is 15.8 Å². The highest BCUT2D eigenvalue weighted by Crippen LogP contribution is 2.22. The quantitative estimate of drug-likeness (QED) is 0.394. The third-order valence-corrected chi connectivity index (χ3v) is 3.06. The largest absolute Gasteiger partial charge is 0.388 e. The van der Waals surface area contributed by atoms with Gasteiger partial charge in [0.25, 0.3) is 0 Å². The van der Waals surface area contributed by atoms with Crippen LogP contribution in [0.4, 0.5) is 11.6 Å². The number of aromatic nitrogens is 2. The molecular formula is C13H25N5O2. The number of nitrogens with one attached hydrogen (secondary N) is 2. The first-order valence-electron chi connectivity index (χ1n) is 6.79. The average Bonchev–Trinajstić information content (AvgIpc) is 2.44. The summed E-state index contributed by atoms with van der Waals surface area (Å²) in [5.41, 5.74) is 2.65. The van der Waals surface area contributed by atoms with Crippen LogP contribution in [-0.2, 0) is 11.2 Å². The number of hydrogen-bond donors (Lipinski definition) is 4. The molecule has 0 saturated carbocycles. The fourth-order valence-electron chi connectivity index (χ4n) is 1.86. The third kappa shape index (κ3) is 4.92. The van der Waals surface area contributed by atoms with Crippen LogP contribution in [0.15, 0.2) is 6.33 Å². The molecule has 0 aliphatic carbocycles. The van der Waals surface area contributed by atoms with Crippen molar-refractivity contribution >= 4 is 11.6 Å². The molecule has 0 amide bonds. The van der Waals surface area contributed by atoms with Gasteiger partial charge in [-0.15, -0.1) is 0 Å². The zero-order chi connectivity index (χ0) is 15.0. The predicted octanol–water partition coefficient (Wildman–Crippen LogP) is 0.914. The number of anilines is 2. The van der Waals surface area contributed by atoms with Crippen molar-refractivity contribution < 1.29 is 9.84 Å². The van der Waals surface area contributed by atoms with Gasteiger partial charge in [0.2, 0.25) is 0 Å². The number of methoxy groups -OCH3 is 1. The third-order valence-electron chi connectivity index (χ3n) is 3.06. The van der Waals surface area contributed by atoms with Crippen LogP contribution in [0, 0.1) is 0 Å². The lowest BCUT2D eigenvalue weighted by molar-refractivity contribution is 0.0357.